The first-order chi connectivity index (χ1) is 10.9. The molecule has 0 aromatic heterocycles. The smallest absolute Gasteiger partial charge is 0.146 e. The van der Waals surface area contributed by atoms with E-state index in [0.717, 1.165) is 29.0 Å². The molecule has 0 bridgehead atoms. The molecule has 0 saturated heterocycles. The van der Waals surface area contributed by atoms with Crippen LogP contribution < -0.4 is 4.90 Å². The number of halogens is 1. The van der Waals surface area contributed by atoms with Crippen molar-refractivity contribution in [3.8, 4) is 0 Å². The van der Waals surface area contributed by atoms with Crippen LogP contribution in [0.4, 0.5) is 21.5 Å². The molecule has 0 aliphatic rings. The SMILES string of the molecule is CCN(C)C=Nc1cc(C)c(N(C)c2ccccc2F)cc1C. The van der Waals surface area contributed by atoms with Crippen LogP contribution in [0.1, 0.15) is 18.1 Å². The summed E-state index contributed by atoms with van der Waals surface area (Å²) in [6, 6.07) is 10.9. The van der Waals surface area contributed by atoms with Gasteiger partial charge in [0.1, 0.15) is 5.82 Å². The summed E-state index contributed by atoms with van der Waals surface area (Å²) in [5.41, 5.74) is 4.61. The Balaban J connectivity index is 2.37. The summed E-state index contributed by atoms with van der Waals surface area (Å²) in [5.74, 6) is -0.223. The highest BCUT2D eigenvalue weighted by Crippen LogP contribution is 2.33. The van der Waals surface area contributed by atoms with Gasteiger partial charge in [-0.3, -0.25) is 0 Å². The Morgan fingerprint density at radius 2 is 1.74 bits per heavy atom. The Hall–Kier alpha value is -2.36. The lowest BCUT2D eigenvalue weighted by molar-refractivity contribution is 0.552. The van der Waals surface area contributed by atoms with Crippen LogP contribution in [0.2, 0.25) is 0 Å². The molecule has 0 N–H and O–H groups in total. The second kappa shape index (κ2) is 7.27. The summed E-state index contributed by atoms with van der Waals surface area (Å²) in [6.07, 6.45) is 1.84. The zero-order chi connectivity index (χ0) is 17.0. The number of nitrogens with zero attached hydrogens (tertiary/aromatic N) is 3. The molecular formula is C19H24FN3. The third-order valence-corrected chi connectivity index (χ3v) is 3.98. The molecule has 0 aliphatic heterocycles. The van der Waals surface area contributed by atoms with Crippen molar-refractivity contribution in [3.63, 3.8) is 0 Å². The maximum absolute atomic E-state index is 14.0. The second-order valence-corrected chi connectivity index (χ2v) is 5.75. The van der Waals surface area contributed by atoms with Crippen LogP contribution in [0.15, 0.2) is 41.4 Å². The van der Waals surface area contributed by atoms with E-state index in [1.807, 2.05) is 56.2 Å². The molecule has 0 fully saturated rings. The van der Waals surface area contributed by atoms with E-state index < -0.39 is 0 Å². The molecule has 4 heteroatoms. The van der Waals surface area contributed by atoms with Crippen molar-refractivity contribution in [1.82, 2.24) is 4.90 Å². The number of hydrogen-bond donors (Lipinski definition) is 0. The van der Waals surface area contributed by atoms with Crippen LogP contribution in [0, 0.1) is 19.7 Å². The third-order valence-electron chi connectivity index (χ3n) is 3.98. The van der Waals surface area contributed by atoms with Crippen LogP contribution in [0.5, 0.6) is 0 Å². The van der Waals surface area contributed by atoms with Crippen molar-refractivity contribution in [2.75, 3.05) is 25.5 Å². The molecule has 0 amide bonds. The lowest BCUT2D eigenvalue weighted by Crippen LogP contribution is -2.14. The lowest BCUT2D eigenvalue weighted by atomic mass is 10.1. The van der Waals surface area contributed by atoms with E-state index in [9.17, 15) is 4.39 Å². The standard InChI is InChI=1S/C19H24FN3/c1-6-22(4)13-21-17-11-15(3)19(12-14(17)2)23(5)18-10-8-7-9-16(18)20/h7-13H,6H2,1-5H3. The number of hydrogen-bond acceptors (Lipinski definition) is 2. The first-order valence-electron chi connectivity index (χ1n) is 7.78. The Morgan fingerprint density at radius 1 is 1.04 bits per heavy atom. The van der Waals surface area contributed by atoms with Crippen LogP contribution in [-0.2, 0) is 0 Å². The Kier molecular flexibility index (Phi) is 5.37. The zero-order valence-electron chi connectivity index (χ0n) is 14.5. The molecule has 2 rings (SSSR count). The quantitative estimate of drug-likeness (QED) is 0.582. The van der Waals surface area contributed by atoms with Crippen LogP contribution in [-0.4, -0.2) is 31.9 Å². The predicted octanol–water partition coefficient (Wildman–Crippen LogP) is 4.82. The first kappa shape index (κ1) is 17.0. The average molecular weight is 313 g/mol. The molecule has 23 heavy (non-hydrogen) atoms. The van der Waals surface area contributed by atoms with Crippen molar-refractivity contribution < 1.29 is 4.39 Å². The summed E-state index contributed by atoms with van der Waals surface area (Å²) in [5, 5.41) is 0. The molecule has 0 aliphatic carbocycles. The average Bonchev–Trinajstić information content (AvgIpc) is 2.54. The van der Waals surface area contributed by atoms with Gasteiger partial charge in [-0.05, 0) is 56.2 Å². The fourth-order valence-electron chi connectivity index (χ4n) is 2.38. The molecule has 0 radical (unpaired) electrons. The van der Waals surface area contributed by atoms with E-state index >= 15 is 0 Å². The van der Waals surface area contributed by atoms with Crippen LogP contribution in [0.3, 0.4) is 0 Å². The van der Waals surface area contributed by atoms with E-state index in [1.54, 1.807) is 12.1 Å². The van der Waals surface area contributed by atoms with Crippen molar-refractivity contribution in [3.05, 3.63) is 53.3 Å². The van der Waals surface area contributed by atoms with Gasteiger partial charge in [0, 0.05) is 26.3 Å². The van der Waals surface area contributed by atoms with Gasteiger partial charge in [0.2, 0.25) is 0 Å². The lowest BCUT2D eigenvalue weighted by Gasteiger charge is -2.23. The zero-order valence-corrected chi connectivity index (χ0v) is 14.5. The molecule has 0 unspecified atom stereocenters. The maximum Gasteiger partial charge on any atom is 0.146 e. The minimum Gasteiger partial charge on any atom is -0.366 e. The van der Waals surface area contributed by atoms with Gasteiger partial charge in [0.05, 0.1) is 17.7 Å². The van der Waals surface area contributed by atoms with E-state index in [4.69, 9.17) is 0 Å². The molecule has 0 heterocycles. The van der Waals surface area contributed by atoms with E-state index in [0.29, 0.717) is 5.69 Å². The highest BCUT2D eigenvalue weighted by Gasteiger charge is 2.12. The van der Waals surface area contributed by atoms with Gasteiger partial charge in [-0.2, -0.15) is 0 Å². The Morgan fingerprint density at radius 3 is 2.39 bits per heavy atom. The molecule has 2 aromatic carbocycles. The van der Waals surface area contributed by atoms with Crippen LogP contribution in [0.25, 0.3) is 0 Å². The number of anilines is 2. The molecule has 122 valence electrons. The largest absolute Gasteiger partial charge is 0.366 e. The van der Waals surface area contributed by atoms with E-state index in [2.05, 4.69) is 18.0 Å². The van der Waals surface area contributed by atoms with Crippen molar-refractivity contribution >= 4 is 23.4 Å². The Bertz CT molecular complexity index is 710. The van der Waals surface area contributed by atoms with E-state index in [-0.39, 0.29) is 5.82 Å². The van der Waals surface area contributed by atoms with Gasteiger partial charge in [-0.25, -0.2) is 9.38 Å². The summed E-state index contributed by atoms with van der Waals surface area (Å²) >= 11 is 0. The third kappa shape index (κ3) is 3.89. The van der Waals surface area contributed by atoms with Crippen molar-refractivity contribution in [2.45, 2.75) is 20.8 Å². The number of para-hydroxylation sites is 1. The first-order valence-corrected chi connectivity index (χ1v) is 7.78. The van der Waals surface area contributed by atoms with Gasteiger partial charge < -0.3 is 9.80 Å². The number of aryl methyl sites for hydroxylation is 2. The molecule has 0 saturated carbocycles. The fourth-order valence-corrected chi connectivity index (χ4v) is 2.38. The number of aliphatic imine (C=N–C) groups is 1. The molecular weight excluding hydrogens is 289 g/mol. The van der Waals surface area contributed by atoms with Crippen molar-refractivity contribution in [1.29, 1.82) is 0 Å². The topological polar surface area (TPSA) is 18.8 Å². The fraction of sp³-hybridized carbons (Fsp3) is 0.316. The highest BCUT2D eigenvalue weighted by molar-refractivity contribution is 5.72. The summed E-state index contributed by atoms with van der Waals surface area (Å²) in [4.78, 5) is 8.44. The molecule has 3 nitrogen and oxygen atoms in total. The van der Waals surface area contributed by atoms with Gasteiger partial charge in [-0.15, -0.1) is 0 Å². The number of benzene rings is 2. The molecule has 0 atom stereocenters. The van der Waals surface area contributed by atoms with Gasteiger partial charge in [0.25, 0.3) is 0 Å². The Labute approximate surface area is 138 Å². The monoisotopic (exact) mass is 313 g/mol. The highest BCUT2D eigenvalue weighted by atomic mass is 19.1. The minimum absolute atomic E-state index is 0.223. The second-order valence-electron chi connectivity index (χ2n) is 5.75. The molecule has 2 aromatic rings. The minimum atomic E-state index is -0.223. The van der Waals surface area contributed by atoms with Gasteiger partial charge in [0.15, 0.2) is 0 Å². The number of rotatable bonds is 5. The maximum atomic E-state index is 14.0. The van der Waals surface area contributed by atoms with Gasteiger partial charge >= 0.3 is 0 Å². The normalized spacial score (nSPS) is 11.0. The van der Waals surface area contributed by atoms with Gasteiger partial charge in [-0.1, -0.05) is 12.1 Å². The van der Waals surface area contributed by atoms with Crippen LogP contribution >= 0.6 is 0 Å². The van der Waals surface area contributed by atoms with Crippen molar-refractivity contribution in [2.24, 2.45) is 4.99 Å². The predicted molar refractivity (Wildman–Crippen MR) is 96.8 cm³/mol. The molecule has 0 spiro atoms. The van der Waals surface area contributed by atoms with E-state index in [1.165, 1.54) is 6.07 Å². The summed E-state index contributed by atoms with van der Waals surface area (Å²) < 4.78 is 14.0. The summed E-state index contributed by atoms with van der Waals surface area (Å²) in [7, 11) is 3.88. The summed E-state index contributed by atoms with van der Waals surface area (Å²) in [6.45, 7) is 7.04.